The number of thiazole rings is 1. The number of imidazole rings is 1. The molecule has 124 valence electrons. The monoisotopic (exact) mass is 340 g/mol. The fourth-order valence-corrected chi connectivity index (χ4v) is 4.19. The summed E-state index contributed by atoms with van der Waals surface area (Å²) in [7, 11) is 0. The number of nitrogens with zero attached hydrogens (tertiary/aromatic N) is 3. The smallest absolute Gasteiger partial charge is 0.271 e. The predicted molar refractivity (Wildman–Crippen MR) is 95.3 cm³/mol. The molecule has 3 heterocycles. The van der Waals surface area contributed by atoms with Gasteiger partial charge in [0, 0.05) is 36.4 Å². The van der Waals surface area contributed by atoms with Crippen LogP contribution in [0, 0.1) is 0 Å². The van der Waals surface area contributed by atoms with Crippen molar-refractivity contribution in [3.05, 3.63) is 42.6 Å². The van der Waals surface area contributed by atoms with Gasteiger partial charge in [-0.05, 0) is 18.9 Å². The van der Waals surface area contributed by atoms with Crippen molar-refractivity contribution < 1.29 is 4.79 Å². The minimum Gasteiger partial charge on any atom is -0.348 e. The predicted octanol–water partition coefficient (Wildman–Crippen LogP) is 3.91. The average molecular weight is 340 g/mol. The summed E-state index contributed by atoms with van der Waals surface area (Å²) in [4.78, 5) is 23.0. The number of pyridine rings is 1. The zero-order valence-corrected chi connectivity index (χ0v) is 14.3. The van der Waals surface area contributed by atoms with Crippen LogP contribution in [0.4, 0.5) is 0 Å². The Hall–Kier alpha value is -2.21. The lowest BCUT2D eigenvalue weighted by atomic mass is 10.1. The van der Waals surface area contributed by atoms with Gasteiger partial charge in [-0.15, -0.1) is 0 Å². The molecule has 5 nitrogen and oxygen atoms in total. The molecule has 3 aromatic heterocycles. The molecule has 0 aliphatic heterocycles. The normalized spacial score (nSPS) is 16.2. The second kappa shape index (κ2) is 6.73. The molecule has 0 spiro atoms. The van der Waals surface area contributed by atoms with Gasteiger partial charge < -0.3 is 5.32 Å². The van der Waals surface area contributed by atoms with Gasteiger partial charge in [0.05, 0.1) is 4.88 Å². The molecule has 0 bridgehead atoms. The summed E-state index contributed by atoms with van der Waals surface area (Å²) in [6, 6.07) is 4.24. The van der Waals surface area contributed by atoms with Crippen molar-refractivity contribution in [2.45, 2.75) is 44.6 Å². The summed E-state index contributed by atoms with van der Waals surface area (Å²) in [5.41, 5.74) is 1.57. The maximum atomic E-state index is 12.5. The first kappa shape index (κ1) is 15.3. The summed E-state index contributed by atoms with van der Waals surface area (Å²) in [5.74, 6) is -0.0549. The minimum atomic E-state index is -0.0549. The zero-order chi connectivity index (χ0) is 16.4. The van der Waals surface area contributed by atoms with Gasteiger partial charge in [0.2, 0.25) is 0 Å². The Morgan fingerprint density at radius 3 is 2.75 bits per heavy atom. The zero-order valence-electron chi connectivity index (χ0n) is 13.4. The van der Waals surface area contributed by atoms with E-state index < -0.39 is 0 Å². The maximum absolute atomic E-state index is 12.5. The molecule has 24 heavy (non-hydrogen) atoms. The summed E-state index contributed by atoms with van der Waals surface area (Å²) < 4.78 is 1.93. The van der Waals surface area contributed by atoms with Gasteiger partial charge in [-0.25, -0.2) is 4.98 Å². The van der Waals surface area contributed by atoms with Crippen LogP contribution in [0.2, 0.25) is 0 Å². The lowest BCUT2D eigenvalue weighted by Gasteiger charge is -2.14. The van der Waals surface area contributed by atoms with Gasteiger partial charge >= 0.3 is 0 Å². The Balaban J connectivity index is 1.50. The van der Waals surface area contributed by atoms with Crippen molar-refractivity contribution in [3.8, 4) is 10.4 Å². The molecule has 1 saturated carbocycles. The van der Waals surface area contributed by atoms with E-state index in [0.29, 0.717) is 11.7 Å². The first-order valence-electron chi connectivity index (χ1n) is 8.49. The van der Waals surface area contributed by atoms with Crippen LogP contribution in [0.1, 0.15) is 49.0 Å². The number of rotatable bonds is 3. The van der Waals surface area contributed by atoms with E-state index in [9.17, 15) is 4.79 Å². The van der Waals surface area contributed by atoms with E-state index in [1.807, 2.05) is 35.1 Å². The van der Waals surface area contributed by atoms with Crippen LogP contribution in [0.25, 0.3) is 15.4 Å². The largest absolute Gasteiger partial charge is 0.348 e. The second-order valence-electron chi connectivity index (χ2n) is 6.32. The van der Waals surface area contributed by atoms with E-state index in [1.165, 1.54) is 25.7 Å². The van der Waals surface area contributed by atoms with Crippen LogP contribution in [-0.2, 0) is 0 Å². The van der Waals surface area contributed by atoms with E-state index in [2.05, 4.69) is 15.3 Å². The highest BCUT2D eigenvalue weighted by atomic mass is 32.1. The molecule has 0 radical (unpaired) electrons. The Morgan fingerprint density at radius 2 is 2.04 bits per heavy atom. The molecule has 0 aromatic carbocycles. The van der Waals surface area contributed by atoms with E-state index in [-0.39, 0.29) is 5.91 Å². The van der Waals surface area contributed by atoms with Crippen molar-refractivity contribution in [2.75, 3.05) is 0 Å². The van der Waals surface area contributed by atoms with E-state index >= 15 is 0 Å². The highest BCUT2D eigenvalue weighted by molar-refractivity contribution is 7.20. The summed E-state index contributed by atoms with van der Waals surface area (Å²) in [5, 5.41) is 3.15. The third kappa shape index (κ3) is 3.19. The van der Waals surface area contributed by atoms with Gasteiger partial charge in [0.15, 0.2) is 4.96 Å². The molecule has 1 aliphatic rings. The Labute approximate surface area is 144 Å². The molecular formula is C18H20N4OS. The quantitative estimate of drug-likeness (QED) is 0.735. The van der Waals surface area contributed by atoms with Crippen LogP contribution in [0.15, 0.2) is 36.9 Å². The second-order valence-corrected chi connectivity index (χ2v) is 7.32. The minimum absolute atomic E-state index is 0.0549. The topological polar surface area (TPSA) is 59.3 Å². The Morgan fingerprint density at radius 1 is 1.21 bits per heavy atom. The van der Waals surface area contributed by atoms with Gasteiger partial charge in [-0.2, -0.15) is 0 Å². The standard InChI is InChI=1S/C18H20N4OS/c23-17(20-14-7-3-1-2-4-8-14)15-11-22-12-16(24-18(22)21-15)13-6-5-9-19-10-13/h5-6,9-12,14H,1-4,7-8H2,(H,20,23). The van der Waals surface area contributed by atoms with Crippen LogP contribution in [0.5, 0.6) is 0 Å². The molecule has 0 unspecified atom stereocenters. The number of hydrogen-bond acceptors (Lipinski definition) is 4. The number of amides is 1. The summed E-state index contributed by atoms with van der Waals surface area (Å²) in [6.07, 6.45) is 14.6. The van der Waals surface area contributed by atoms with Crippen LogP contribution >= 0.6 is 11.3 Å². The van der Waals surface area contributed by atoms with E-state index in [4.69, 9.17) is 0 Å². The third-order valence-corrected chi connectivity index (χ3v) is 5.57. The highest BCUT2D eigenvalue weighted by Crippen LogP contribution is 2.27. The Bertz CT molecular complexity index is 800. The fourth-order valence-electron chi connectivity index (χ4n) is 3.23. The third-order valence-electron chi connectivity index (χ3n) is 4.53. The number of carbonyl (C=O) groups is 1. The lowest BCUT2D eigenvalue weighted by molar-refractivity contribution is 0.0929. The van der Waals surface area contributed by atoms with E-state index in [1.54, 1.807) is 17.5 Å². The van der Waals surface area contributed by atoms with Gasteiger partial charge in [0.1, 0.15) is 5.69 Å². The lowest BCUT2D eigenvalue weighted by Crippen LogP contribution is -2.34. The maximum Gasteiger partial charge on any atom is 0.271 e. The summed E-state index contributed by atoms with van der Waals surface area (Å²) >= 11 is 1.57. The number of aromatic nitrogens is 3. The van der Waals surface area contributed by atoms with E-state index in [0.717, 1.165) is 28.2 Å². The van der Waals surface area contributed by atoms with Gasteiger partial charge in [0.25, 0.3) is 5.91 Å². The molecule has 4 rings (SSSR count). The highest BCUT2D eigenvalue weighted by Gasteiger charge is 2.18. The van der Waals surface area contributed by atoms with Crippen LogP contribution < -0.4 is 5.32 Å². The first-order valence-corrected chi connectivity index (χ1v) is 9.31. The number of carbonyl (C=O) groups excluding carboxylic acids is 1. The van der Waals surface area contributed by atoms with Crippen LogP contribution in [-0.4, -0.2) is 26.3 Å². The first-order chi connectivity index (χ1) is 11.8. The summed E-state index contributed by atoms with van der Waals surface area (Å²) in [6.45, 7) is 0. The molecule has 0 atom stereocenters. The van der Waals surface area contributed by atoms with Crippen molar-refractivity contribution in [1.29, 1.82) is 0 Å². The number of fused-ring (bicyclic) bond motifs is 1. The molecule has 6 heteroatoms. The SMILES string of the molecule is O=C(NC1CCCCCC1)c1cn2cc(-c3cccnc3)sc2n1. The molecule has 1 aliphatic carbocycles. The molecule has 0 saturated heterocycles. The molecule has 1 fully saturated rings. The van der Waals surface area contributed by atoms with Crippen molar-refractivity contribution in [2.24, 2.45) is 0 Å². The fraction of sp³-hybridized carbons (Fsp3) is 0.389. The molecule has 3 aromatic rings. The average Bonchev–Trinajstić information content (AvgIpc) is 3.07. The molecule has 1 amide bonds. The van der Waals surface area contributed by atoms with Gasteiger partial charge in [-0.1, -0.05) is 43.1 Å². The molecular weight excluding hydrogens is 320 g/mol. The van der Waals surface area contributed by atoms with Crippen LogP contribution in [0.3, 0.4) is 0 Å². The van der Waals surface area contributed by atoms with Crippen molar-refractivity contribution in [1.82, 2.24) is 19.7 Å². The Kier molecular flexibility index (Phi) is 4.30. The number of nitrogens with one attached hydrogen (secondary N) is 1. The van der Waals surface area contributed by atoms with Gasteiger partial charge in [-0.3, -0.25) is 14.2 Å². The van der Waals surface area contributed by atoms with Crippen molar-refractivity contribution in [3.63, 3.8) is 0 Å². The van der Waals surface area contributed by atoms with Crippen molar-refractivity contribution >= 4 is 22.2 Å². The molecule has 1 N–H and O–H groups in total. The number of hydrogen-bond donors (Lipinski definition) is 1.